The van der Waals surface area contributed by atoms with Crippen molar-refractivity contribution >= 4 is 15.8 Å². The first kappa shape index (κ1) is 18.6. The molecule has 1 atom stereocenters. The second-order valence-corrected chi connectivity index (χ2v) is 8.51. The van der Waals surface area contributed by atoms with Gasteiger partial charge in [0.15, 0.2) is 5.82 Å². The molecule has 3 rings (SSSR count). The van der Waals surface area contributed by atoms with E-state index in [0.717, 1.165) is 18.7 Å². The summed E-state index contributed by atoms with van der Waals surface area (Å²) in [5, 5.41) is 14.9. The van der Waals surface area contributed by atoms with Crippen LogP contribution in [0.1, 0.15) is 24.2 Å². The molecule has 142 valence electrons. The first-order chi connectivity index (χ1) is 12.3. The molecule has 1 unspecified atom stereocenters. The Kier molecular flexibility index (Phi) is 5.15. The first-order valence-electron chi connectivity index (χ1n) is 8.48. The van der Waals surface area contributed by atoms with Gasteiger partial charge >= 0.3 is 0 Å². The molecule has 2 aromatic heterocycles. The molecule has 0 aliphatic carbocycles. The van der Waals surface area contributed by atoms with E-state index in [9.17, 15) is 8.42 Å². The summed E-state index contributed by atoms with van der Waals surface area (Å²) in [5.41, 5.74) is 1.03. The number of ether oxygens (including phenoxy) is 1. The predicted octanol–water partition coefficient (Wildman–Crippen LogP) is 1.11. The first-order valence-corrected chi connectivity index (χ1v) is 9.92. The van der Waals surface area contributed by atoms with Gasteiger partial charge < -0.3 is 9.64 Å². The maximum Gasteiger partial charge on any atom is 0.246 e. The Balaban J connectivity index is 1.73. The third kappa shape index (κ3) is 3.65. The lowest BCUT2D eigenvalue weighted by atomic mass is 10.1. The van der Waals surface area contributed by atoms with Gasteiger partial charge in [-0.15, -0.1) is 10.2 Å². The van der Waals surface area contributed by atoms with E-state index < -0.39 is 10.0 Å². The minimum Gasteiger partial charge on any atom is -0.472 e. The Bertz CT molecular complexity index is 843. The molecule has 1 fully saturated rings. The minimum absolute atomic E-state index is 0.258. The Hall–Kier alpha value is -2.20. The van der Waals surface area contributed by atoms with Gasteiger partial charge in [0.25, 0.3) is 0 Å². The molecule has 0 saturated carbocycles. The van der Waals surface area contributed by atoms with Crippen LogP contribution >= 0.6 is 0 Å². The number of hydrogen-bond donors (Lipinski definition) is 1. The highest BCUT2D eigenvalue weighted by atomic mass is 32.2. The van der Waals surface area contributed by atoms with Crippen molar-refractivity contribution in [1.29, 1.82) is 0 Å². The van der Waals surface area contributed by atoms with Gasteiger partial charge in [-0.25, -0.2) is 8.42 Å². The third-order valence-corrected chi connectivity index (χ3v) is 6.50. The highest BCUT2D eigenvalue weighted by Gasteiger charge is 2.34. The number of aromatic amines is 1. The fourth-order valence-electron chi connectivity index (χ4n) is 3.05. The van der Waals surface area contributed by atoms with Gasteiger partial charge in [-0.1, -0.05) is 0 Å². The average molecular weight is 380 g/mol. The van der Waals surface area contributed by atoms with Gasteiger partial charge in [0.05, 0.1) is 17.9 Å². The summed E-state index contributed by atoms with van der Waals surface area (Å²) in [4.78, 5) is 2.11. The third-order valence-electron chi connectivity index (χ3n) is 4.37. The number of H-pyrrole nitrogens is 1. The summed E-state index contributed by atoms with van der Waals surface area (Å²) in [6.45, 7) is 4.16. The van der Waals surface area contributed by atoms with Crippen molar-refractivity contribution in [2.45, 2.75) is 37.7 Å². The molecule has 1 N–H and O–H groups in total. The lowest BCUT2D eigenvalue weighted by Gasteiger charge is -2.31. The van der Waals surface area contributed by atoms with E-state index in [1.165, 1.54) is 4.31 Å². The van der Waals surface area contributed by atoms with Gasteiger partial charge in [0.2, 0.25) is 15.9 Å². The van der Waals surface area contributed by atoms with Crippen molar-refractivity contribution in [2.75, 3.05) is 32.1 Å². The van der Waals surface area contributed by atoms with Crippen molar-refractivity contribution in [2.24, 2.45) is 0 Å². The summed E-state index contributed by atoms with van der Waals surface area (Å²) in [5.74, 6) is 1.13. The smallest absolute Gasteiger partial charge is 0.246 e. The van der Waals surface area contributed by atoms with Crippen LogP contribution < -0.4 is 9.64 Å². The van der Waals surface area contributed by atoms with Gasteiger partial charge in [0.1, 0.15) is 11.0 Å². The highest BCUT2D eigenvalue weighted by molar-refractivity contribution is 7.89. The molecule has 0 bridgehead atoms. The second kappa shape index (κ2) is 7.20. The van der Waals surface area contributed by atoms with Crippen LogP contribution in [0.25, 0.3) is 0 Å². The Morgan fingerprint density at radius 1 is 1.27 bits per heavy atom. The lowest BCUT2D eigenvalue weighted by molar-refractivity contribution is 0.123. The van der Waals surface area contributed by atoms with E-state index in [-0.39, 0.29) is 17.5 Å². The molecule has 0 spiro atoms. The van der Waals surface area contributed by atoms with E-state index in [1.807, 2.05) is 25.1 Å². The summed E-state index contributed by atoms with van der Waals surface area (Å²) >= 11 is 0. The number of aromatic nitrogens is 4. The SMILES string of the molecule is Cc1n[nH]c(C)c1S(=O)(=O)N1CCCC(Oc2ccc(N(C)C)nn2)C1. The van der Waals surface area contributed by atoms with Crippen molar-refractivity contribution < 1.29 is 13.2 Å². The molecule has 10 heteroatoms. The van der Waals surface area contributed by atoms with Crippen molar-refractivity contribution in [3.8, 4) is 5.88 Å². The number of nitrogens with one attached hydrogen (secondary N) is 1. The fraction of sp³-hybridized carbons (Fsp3) is 0.562. The number of nitrogens with zero attached hydrogens (tertiary/aromatic N) is 5. The van der Waals surface area contributed by atoms with E-state index in [0.29, 0.717) is 23.8 Å². The molecule has 1 aliphatic rings. The number of aryl methyl sites for hydroxylation is 2. The van der Waals surface area contributed by atoms with E-state index in [2.05, 4.69) is 20.4 Å². The maximum atomic E-state index is 13.0. The van der Waals surface area contributed by atoms with Gasteiger partial charge in [-0.3, -0.25) is 5.10 Å². The van der Waals surface area contributed by atoms with Crippen LogP contribution in [0, 0.1) is 13.8 Å². The monoisotopic (exact) mass is 380 g/mol. The topological polar surface area (TPSA) is 104 Å². The molecule has 26 heavy (non-hydrogen) atoms. The van der Waals surface area contributed by atoms with E-state index in [4.69, 9.17) is 4.74 Å². The molecular formula is C16H24N6O3S. The second-order valence-electron chi connectivity index (χ2n) is 6.63. The van der Waals surface area contributed by atoms with Crippen LogP contribution in [0.3, 0.4) is 0 Å². The van der Waals surface area contributed by atoms with Gasteiger partial charge in [0, 0.05) is 26.7 Å². The normalized spacial score (nSPS) is 18.7. The van der Waals surface area contributed by atoms with Gasteiger partial charge in [-0.2, -0.15) is 9.40 Å². The largest absolute Gasteiger partial charge is 0.472 e. The van der Waals surface area contributed by atoms with Crippen molar-refractivity contribution in [3.63, 3.8) is 0 Å². The molecule has 1 aliphatic heterocycles. The number of piperidine rings is 1. The molecule has 0 aromatic carbocycles. The minimum atomic E-state index is -3.61. The zero-order valence-electron chi connectivity index (χ0n) is 15.4. The molecular weight excluding hydrogens is 356 g/mol. The number of rotatable bonds is 5. The van der Waals surface area contributed by atoms with Crippen molar-refractivity contribution in [3.05, 3.63) is 23.5 Å². The summed E-state index contributed by atoms with van der Waals surface area (Å²) < 4.78 is 33.3. The Morgan fingerprint density at radius 3 is 2.62 bits per heavy atom. The summed E-state index contributed by atoms with van der Waals surface area (Å²) in [7, 11) is 0.160. The van der Waals surface area contributed by atoms with Crippen LogP contribution in [0.5, 0.6) is 5.88 Å². The Morgan fingerprint density at radius 2 is 2.04 bits per heavy atom. The summed E-state index contributed by atoms with van der Waals surface area (Å²) in [6.07, 6.45) is 1.24. The van der Waals surface area contributed by atoms with Crippen LogP contribution in [-0.2, 0) is 10.0 Å². The zero-order valence-corrected chi connectivity index (χ0v) is 16.2. The Labute approximate surface area is 153 Å². The maximum absolute atomic E-state index is 13.0. The molecule has 2 aromatic rings. The average Bonchev–Trinajstić information content (AvgIpc) is 2.95. The molecule has 3 heterocycles. The number of hydrogen-bond acceptors (Lipinski definition) is 7. The summed E-state index contributed by atoms with van der Waals surface area (Å²) in [6, 6.07) is 3.57. The standard InChI is InChI=1S/C16H24N6O3S/c1-11-16(12(2)18-17-11)26(23,24)22-9-5-6-13(10-22)25-15-8-7-14(19-20-15)21(3)4/h7-8,13H,5-6,9-10H2,1-4H3,(H,17,18). The molecule has 1 saturated heterocycles. The van der Waals surface area contributed by atoms with Crippen LogP contribution in [0.4, 0.5) is 5.82 Å². The molecule has 9 nitrogen and oxygen atoms in total. The molecule has 0 amide bonds. The van der Waals surface area contributed by atoms with E-state index in [1.54, 1.807) is 19.9 Å². The fourth-order valence-corrected chi connectivity index (χ4v) is 4.90. The number of anilines is 1. The highest BCUT2D eigenvalue weighted by Crippen LogP contribution is 2.26. The molecule has 0 radical (unpaired) electrons. The zero-order chi connectivity index (χ0) is 18.9. The quantitative estimate of drug-likeness (QED) is 0.828. The van der Waals surface area contributed by atoms with Crippen LogP contribution in [0.15, 0.2) is 17.0 Å². The van der Waals surface area contributed by atoms with Gasteiger partial charge in [-0.05, 0) is 32.8 Å². The predicted molar refractivity (Wildman–Crippen MR) is 96.8 cm³/mol. The lowest BCUT2D eigenvalue weighted by Crippen LogP contribution is -2.44. The van der Waals surface area contributed by atoms with Crippen molar-refractivity contribution in [1.82, 2.24) is 24.7 Å². The van der Waals surface area contributed by atoms with Crippen LogP contribution in [-0.4, -0.2) is 66.4 Å². The van der Waals surface area contributed by atoms with Crippen LogP contribution in [0.2, 0.25) is 0 Å². The van der Waals surface area contributed by atoms with E-state index >= 15 is 0 Å². The number of sulfonamides is 1.